The summed E-state index contributed by atoms with van der Waals surface area (Å²) >= 11 is 0. The van der Waals surface area contributed by atoms with E-state index in [2.05, 4.69) is 33.9 Å². The zero-order valence-corrected chi connectivity index (χ0v) is 15.0. The van der Waals surface area contributed by atoms with Crippen molar-refractivity contribution in [2.75, 3.05) is 6.61 Å². The van der Waals surface area contributed by atoms with E-state index >= 15 is 0 Å². The number of hydrogen-bond acceptors (Lipinski definition) is 3. The van der Waals surface area contributed by atoms with Crippen LogP contribution in [0.4, 0.5) is 0 Å². The molecule has 2 atom stereocenters. The Labute approximate surface area is 130 Å². The summed E-state index contributed by atoms with van der Waals surface area (Å²) in [5, 5.41) is 20.3. The van der Waals surface area contributed by atoms with Crippen molar-refractivity contribution < 1.29 is 14.6 Å². The third-order valence-corrected chi connectivity index (χ3v) is 8.95. The van der Waals surface area contributed by atoms with Gasteiger partial charge in [-0.15, -0.1) is 0 Å². The van der Waals surface area contributed by atoms with Crippen molar-refractivity contribution in [3.8, 4) is 0 Å². The third kappa shape index (κ3) is 5.91. The summed E-state index contributed by atoms with van der Waals surface area (Å²) in [6.45, 7) is 11.5. The molecule has 0 aliphatic carbocycles. The van der Waals surface area contributed by atoms with Crippen molar-refractivity contribution in [3.05, 3.63) is 35.9 Å². The Kier molecular flexibility index (Phi) is 6.59. The summed E-state index contributed by atoms with van der Waals surface area (Å²) < 4.78 is 6.03. The van der Waals surface area contributed by atoms with E-state index in [0.29, 0.717) is 19.4 Å². The molecule has 4 heteroatoms. The van der Waals surface area contributed by atoms with Crippen LogP contribution in [-0.2, 0) is 10.8 Å². The van der Waals surface area contributed by atoms with Gasteiger partial charge < -0.3 is 14.6 Å². The first-order valence-electron chi connectivity index (χ1n) is 7.67. The molecule has 0 saturated carbocycles. The quantitative estimate of drug-likeness (QED) is 0.759. The van der Waals surface area contributed by atoms with Crippen molar-refractivity contribution in [2.24, 2.45) is 0 Å². The second-order valence-corrected chi connectivity index (χ2v) is 12.0. The average molecular weight is 311 g/mol. The highest BCUT2D eigenvalue weighted by atomic mass is 28.4. The van der Waals surface area contributed by atoms with E-state index in [1.165, 1.54) is 0 Å². The fourth-order valence-electron chi connectivity index (χ4n) is 1.84. The maximum atomic E-state index is 10.1. The first-order chi connectivity index (χ1) is 9.63. The summed E-state index contributed by atoms with van der Waals surface area (Å²) in [5.74, 6) is 0. The lowest BCUT2D eigenvalue weighted by Crippen LogP contribution is -2.42. The van der Waals surface area contributed by atoms with E-state index in [4.69, 9.17) is 4.43 Å². The van der Waals surface area contributed by atoms with E-state index < -0.39 is 20.5 Å². The van der Waals surface area contributed by atoms with E-state index in [0.717, 1.165) is 5.56 Å². The highest BCUT2D eigenvalue weighted by Crippen LogP contribution is 2.36. The summed E-state index contributed by atoms with van der Waals surface area (Å²) in [4.78, 5) is 0. The van der Waals surface area contributed by atoms with Crippen LogP contribution in [-0.4, -0.2) is 37.3 Å². The molecule has 120 valence electrons. The lowest BCUT2D eigenvalue weighted by atomic mass is 10.0. The van der Waals surface area contributed by atoms with Gasteiger partial charge >= 0.3 is 0 Å². The van der Waals surface area contributed by atoms with Gasteiger partial charge in [-0.25, -0.2) is 0 Å². The fraction of sp³-hybridized carbons (Fsp3) is 0.647. The van der Waals surface area contributed by atoms with E-state index in [-0.39, 0.29) is 5.04 Å². The molecule has 0 bridgehead atoms. The molecule has 1 aromatic carbocycles. The Morgan fingerprint density at radius 1 is 1.05 bits per heavy atom. The molecular weight excluding hydrogens is 280 g/mol. The van der Waals surface area contributed by atoms with Crippen LogP contribution in [0.2, 0.25) is 18.1 Å². The molecule has 0 fully saturated rings. The first kappa shape index (κ1) is 18.4. The number of rotatable bonds is 7. The summed E-state index contributed by atoms with van der Waals surface area (Å²) in [7, 11) is -1.77. The molecule has 0 saturated heterocycles. The van der Waals surface area contributed by atoms with Gasteiger partial charge in [0.15, 0.2) is 8.32 Å². The molecule has 3 nitrogen and oxygen atoms in total. The fourth-order valence-corrected chi connectivity index (χ4v) is 2.90. The van der Waals surface area contributed by atoms with Crippen LogP contribution < -0.4 is 0 Å². The third-order valence-electron chi connectivity index (χ3n) is 4.41. The topological polar surface area (TPSA) is 49.7 Å². The highest BCUT2D eigenvalue weighted by Gasteiger charge is 2.37. The Morgan fingerprint density at radius 2 is 1.62 bits per heavy atom. The molecular formula is C17H30O3Si. The largest absolute Gasteiger partial charge is 0.417 e. The van der Waals surface area contributed by atoms with E-state index in [9.17, 15) is 10.2 Å². The van der Waals surface area contributed by atoms with Gasteiger partial charge in [0.1, 0.15) is 0 Å². The van der Waals surface area contributed by atoms with Gasteiger partial charge in [0.25, 0.3) is 0 Å². The molecule has 0 aliphatic rings. The molecule has 0 amide bonds. The van der Waals surface area contributed by atoms with Crippen LogP contribution >= 0.6 is 0 Å². The normalized spacial score (nSPS) is 15.8. The van der Waals surface area contributed by atoms with Crippen LogP contribution in [0.15, 0.2) is 30.3 Å². The van der Waals surface area contributed by atoms with Crippen molar-refractivity contribution in [1.29, 1.82) is 0 Å². The molecule has 1 rings (SSSR count). The second-order valence-electron chi connectivity index (χ2n) is 7.22. The molecule has 0 unspecified atom stereocenters. The van der Waals surface area contributed by atoms with E-state index in [1.54, 1.807) is 0 Å². The summed E-state index contributed by atoms with van der Waals surface area (Å²) in [5.41, 5.74) is 1.04. The van der Waals surface area contributed by atoms with Crippen molar-refractivity contribution in [1.82, 2.24) is 0 Å². The predicted octanol–water partition coefficient (Wildman–Crippen LogP) is 3.36. The monoisotopic (exact) mass is 310 g/mol. The molecule has 0 spiro atoms. The van der Waals surface area contributed by atoms with Crippen molar-refractivity contribution in [2.45, 2.75) is 64.0 Å². The van der Waals surface area contributed by atoms with Crippen LogP contribution in [0.3, 0.4) is 0 Å². The summed E-state index contributed by atoms with van der Waals surface area (Å²) in [6.07, 6.45) is -0.534. The number of aliphatic hydroxyl groups is 2. The van der Waals surface area contributed by atoms with Gasteiger partial charge in [0.2, 0.25) is 0 Å². The molecule has 0 aliphatic heterocycles. The Hall–Kier alpha value is -0.683. The molecule has 0 heterocycles. The Morgan fingerprint density at radius 3 is 2.14 bits per heavy atom. The molecule has 21 heavy (non-hydrogen) atoms. The zero-order chi connectivity index (χ0) is 16.1. The molecule has 0 aromatic heterocycles. The average Bonchev–Trinajstić information content (AvgIpc) is 2.38. The maximum absolute atomic E-state index is 10.1. The molecule has 1 aromatic rings. The first-order valence-corrected chi connectivity index (χ1v) is 10.6. The minimum absolute atomic E-state index is 0.167. The zero-order valence-electron chi connectivity index (χ0n) is 14.0. The number of benzene rings is 1. The predicted molar refractivity (Wildman–Crippen MR) is 89.9 cm³/mol. The van der Waals surface area contributed by atoms with Crippen LogP contribution in [0.25, 0.3) is 0 Å². The lowest BCUT2D eigenvalue weighted by Gasteiger charge is -2.36. The Bertz CT molecular complexity index is 412. The SMILES string of the molecule is CC(C)(C)[Si](C)(C)OCC[C@H](O)[C@@H](O)Cc1ccccc1. The standard InChI is InChI=1S/C17H30O3Si/c1-17(2,3)21(4,5)20-12-11-15(18)16(19)13-14-9-7-6-8-10-14/h6-10,15-16,18-19H,11-13H2,1-5H3/t15-,16-/m0/s1. The number of aliphatic hydroxyl groups excluding tert-OH is 2. The van der Waals surface area contributed by atoms with Crippen molar-refractivity contribution in [3.63, 3.8) is 0 Å². The Balaban J connectivity index is 2.38. The molecule has 2 N–H and O–H groups in total. The van der Waals surface area contributed by atoms with Crippen LogP contribution in [0.1, 0.15) is 32.8 Å². The highest BCUT2D eigenvalue weighted by molar-refractivity contribution is 6.74. The maximum Gasteiger partial charge on any atom is 0.191 e. The van der Waals surface area contributed by atoms with Crippen LogP contribution in [0.5, 0.6) is 0 Å². The van der Waals surface area contributed by atoms with Gasteiger partial charge in [-0.3, -0.25) is 0 Å². The smallest absolute Gasteiger partial charge is 0.191 e. The number of hydrogen-bond donors (Lipinski definition) is 2. The van der Waals surface area contributed by atoms with Crippen LogP contribution in [0, 0.1) is 0 Å². The van der Waals surface area contributed by atoms with Gasteiger partial charge in [-0.2, -0.15) is 0 Å². The summed E-state index contributed by atoms with van der Waals surface area (Å²) in [6, 6.07) is 9.74. The van der Waals surface area contributed by atoms with Gasteiger partial charge in [0.05, 0.1) is 12.2 Å². The molecule has 0 radical (unpaired) electrons. The minimum atomic E-state index is -1.77. The van der Waals surface area contributed by atoms with E-state index in [1.807, 2.05) is 30.3 Å². The minimum Gasteiger partial charge on any atom is -0.417 e. The van der Waals surface area contributed by atoms with Gasteiger partial charge in [-0.05, 0) is 30.1 Å². The van der Waals surface area contributed by atoms with Gasteiger partial charge in [-0.1, -0.05) is 51.1 Å². The van der Waals surface area contributed by atoms with Crippen molar-refractivity contribution >= 4 is 8.32 Å². The van der Waals surface area contributed by atoms with Gasteiger partial charge in [0, 0.05) is 13.0 Å². The second kappa shape index (κ2) is 7.54. The lowest BCUT2D eigenvalue weighted by molar-refractivity contribution is 0.00696.